The van der Waals surface area contributed by atoms with E-state index in [2.05, 4.69) is 10.2 Å². The summed E-state index contributed by atoms with van der Waals surface area (Å²) in [5.74, 6) is 0.0125. The van der Waals surface area contributed by atoms with Crippen LogP contribution in [0.25, 0.3) is 0 Å². The molecule has 160 valence electrons. The Balaban J connectivity index is 1.52. The Hall–Kier alpha value is -2.22. The molecule has 1 saturated carbocycles. The molecular formula is C23H29N3O3S. The van der Waals surface area contributed by atoms with Crippen molar-refractivity contribution in [3.8, 4) is 0 Å². The normalized spacial score (nSPS) is 19.8. The van der Waals surface area contributed by atoms with Crippen LogP contribution in [0.3, 0.4) is 0 Å². The Morgan fingerprint density at radius 2 is 1.67 bits per heavy atom. The SMILES string of the molecule is Cc1ccc(S(=O)(=O)N2CCCN([C@H](C(=O)NC3CC3)c3ccccc3)CC2)cc1. The molecule has 1 aliphatic carbocycles. The summed E-state index contributed by atoms with van der Waals surface area (Å²) in [5, 5.41) is 3.13. The van der Waals surface area contributed by atoms with Crippen molar-refractivity contribution in [1.82, 2.24) is 14.5 Å². The molecule has 0 radical (unpaired) electrons. The van der Waals surface area contributed by atoms with E-state index in [1.807, 2.05) is 49.4 Å². The van der Waals surface area contributed by atoms with Crippen molar-refractivity contribution in [1.29, 1.82) is 0 Å². The third-order valence-corrected chi connectivity index (χ3v) is 7.71. The lowest BCUT2D eigenvalue weighted by atomic mass is 10.0. The second-order valence-corrected chi connectivity index (χ2v) is 10.1. The van der Waals surface area contributed by atoms with E-state index in [-0.39, 0.29) is 11.9 Å². The van der Waals surface area contributed by atoms with Crippen molar-refractivity contribution in [3.05, 3.63) is 65.7 Å². The van der Waals surface area contributed by atoms with Gasteiger partial charge in [-0.05, 0) is 43.9 Å². The molecule has 4 rings (SSSR count). The summed E-state index contributed by atoms with van der Waals surface area (Å²) >= 11 is 0. The number of nitrogens with zero attached hydrogens (tertiary/aromatic N) is 2. The number of rotatable bonds is 6. The summed E-state index contributed by atoms with van der Waals surface area (Å²) in [7, 11) is -3.54. The molecule has 1 aliphatic heterocycles. The summed E-state index contributed by atoms with van der Waals surface area (Å²) in [6.07, 6.45) is 2.76. The lowest BCUT2D eigenvalue weighted by Crippen LogP contribution is -2.43. The van der Waals surface area contributed by atoms with Crippen molar-refractivity contribution >= 4 is 15.9 Å². The second kappa shape index (κ2) is 8.88. The minimum Gasteiger partial charge on any atom is -0.352 e. The highest BCUT2D eigenvalue weighted by molar-refractivity contribution is 7.89. The minimum absolute atomic E-state index is 0.0125. The number of amides is 1. The number of nitrogens with one attached hydrogen (secondary N) is 1. The van der Waals surface area contributed by atoms with Gasteiger partial charge in [-0.2, -0.15) is 4.31 Å². The van der Waals surface area contributed by atoms with Gasteiger partial charge in [-0.3, -0.25) is 9.69 Å². The Labute approximate surface area is 178 Å². The molecule has 0 bridgehead atoms. The van der Waals surface area contributed by atoms with Crippen LogP contribution in [0.2, 0.25) is 0 Å². The largest absolute Gasteiger partial charge is 0.352 e. The number of carbonyl (C=O) groups excluding carboxylic acids is 1. The number of aryl methyl sites for hydroxylation is 1. The highest BCUT2D eigenvalue weighted by Crippen LogP contribution is 2.27. The van der Waals surface area contributed by atoms with E-state index >= 15 is 0 Å². The number of carbonyl (C=O) groups is 1. The van der Waals surface area contributed by atoms with Gasteiger partial charge in [0, 0.05) is 32.2 Å². The Morgan fingerprint density at radius 1 is 0.967 bits per heavy atom. The zero-order valence-electron chi connectivity index (χ0n) is 17.3. The molecule has 1 atom stereocenters. The molecule has 2 fully saturated rings. The summed E-state index contributed by atoms with van der Waals surface area (Å²) in [6.45, 7) is 3.96. The van der Waals surface area contributed by atoms with Gasteiger partial charge < -0.3 is 5.32 Å². The lowest BCUT2D eigenvalue weighted by Gasteiger charge is -2.30. The first kappa shape index (κ1) is 21.0. The van der Waals surface area contributed by atoms with Crippen molar-refractivity contribution in [3.63, 3.8) is 0 Å². The van der Waals surface area contributed by atoms with Gasteiger partial charge in [0.2, 0.25) is 15.9 Å². The van der Waals surface area contributed by atoms with Crippen LogP contribution in [-0.4, -0.2) is 55.8 Å². The average Bonchev–Trinajstić information content (AvgIpc) is 3.57. The van der Waals surface area contributed by atoms with E-state index in [9.17, 15) is 13.2 Å². The first-order valence-electron chi connectivity index (χ1n) is 10.6. The quantitative estimate of drug-likeness (QED) is 0.770. The van der Waals surface area contributed by atoms with Gasteiger partial charge >= 0.3 is 0 Å². The van der Waals surface area contributed by atoms with Crippen LogP contribution in [0.1, 0.15) is 36.4 Å². The van der Waals surface area contributed by atoms with Gasteiger partial charge in [-0.15, -0.1) is 0 Å². The smallest absolute Gasteiger partial charge is 0.243 e. The molecule has 30 heavy (non-hydrogen) atoms. The average molecular weight is 428 g/mol. The van der Waals surface area contributed by atoms with Gasteiger partial charge in [-0.25, -0.2) is 8.42 Å². The molecule has 1 N–H and O–H groups in total. The number of sulfonamides is 1. The van der Waals surface area contributed by atoms with E-state index in [1.165, 1.54) is 0 Å². The zero-order chi connectivity index (χ0) is 21.1. The van der Waals surface area contributed by atoms with Crippen LogP contribution in [0.15, 0.2) is 59.5 Å². The Morgan fingerprint density at radius 3 is 2.33 bits per heavy atom. The van der Waals surface area contributed by atoms with Crippen LogP contribution in [-0.2, 0) is 14.8 Å². The van der Waals surface area contributed by atoms with Gasteiger partial charge in [0.15, 0.2) is 0 Å². The van der Waals surface area contributed by atoms with Crippen LogP contribution < -0.4 is 5.32 Å². The summed E-state index contributed by atoms with van der Waals surface area (Å²) < 4.78 is 27.8. The highest BCUT2D eigenvalue weighted by atomic mass is 32.2. The van der Waals surface area contributed by atoms with Crippen molar-refractivity contribution in [2.75, 3.05) is 26.2 Å². The first-order valence-corrected chi connectivity index (χ1v) is 12.1. The second-order valence-electron chi connectivity index (χ2n) is 8.20. The fourth-order valence-corrected chi connectivity index (χ4v) is 5.41. The highest BCUT2D eigenvalue weighted by Gasteiger charge is 2.34. The topological polar surface area (TPSA) is 69.7 Å². The monoisotopic (exact) mass is 427 g/mol. The molecule has 2 aromatic rings. The van der Waals surface area contributed by atoms with Crippen LogP contribution in [0.4, 0.5) is 0 Å². The van der Waals surface area contributed by atoms with Gasteiger partial charge in [0.1, 0.15) is 6.04 Å². The van der Waals surface area contributed by atoms with E-state index in [0.29, 0.717) is 37.5 Å². The number of hydrogen-bond acceptors (Lipinski definition) is 4. The third-order valence-electron chi connectivity index (χ3n) is 5.80. The lowest BCUT2D eigenvalue weighted by molar-refractivity contribution is -0.126. The molecule has 1 amide bonds. The fraction of sp³-hybridized carbons (Fsp3) is 0.435. The Bertz CT molecular complexity index is 973. The maximum Gasteiger partial charge on any atom is 0.243 e. The minimum atomic E-state index is -3.54. The van der Waals surface area contributed by atoms with Gasteiger partial charge in [0.25, 0.3) is 0 Å². The van der Waals surface area contributed by atoms with Crippen LogP contribution >= 0.6 is 0 Å². The maximum absolute atomic E-state index is 13.1. The Kier molecular flexibility index (Phi) is 6.22. The predicted octanol–water partition coefficient (Wildman–Crippen LogP) is 2.71. The van der Waals surface area contributed by atoms with Gasteiger partial charge in [0.05, 0.1) is 4.90 Å². The third kappa shape index (κ3) is 4.74. The van der Waals surface area contributed by atoms with Crippen LogP contribution in [0, 0.1) is 6.92 Å². The molecule has 7 heteroatoms. The molecule has 0 spiro atoms. The molecule has 2 aromatic carbocycles. The molecule has 1 saturated heterocycles. The van der Waals surface area contributed by atoms with Crippen molar-refractivity contribution in [2.45, 2.75) is 43.2 Å². The molecule has 6 nitrogen and oxygen atoms in total. The predicted molar refractivity (Wildman–Crippen MR) is 116 cm³/mol. The maximum atomic E-state index is 13.1. The molecule has 0 aromatic heterocycles. The molecule has 1 heterocycles. The summed E-state index contributed by atoms with van der Waals surface area (Å²) in [4.78, 5) is 15.5. The summed E-state index contributed by atoms with van der Waals surface area (Å²) in [6, 6.07) is 16.7. The van der Waals surface area contributed by atoms with Crippen molar-refractivity contribution in [2.24, 2.45) is 0 Å². The molecule has 2 aliphatic rings. The van der Waals surface area contributed by atoms with Crippen LogP contribution in [0.5, 0.6) is 0 Å². The number of hydrogen-bond donors (Lipinski definition) is 1. The van der Waals surface area contributed by atoms with E-state index in [4.69, 9.17) is 0 Å². The van der Waals surface area contributed by atoms with Gasteiger partial charge in [-0.1, -0.05) is 48.0 Å². The van der Waals surface area contributed by atoms with E-state index < -0.39 is 16.1 Å². The standard InChI is InChI=1S/C23H29N3O3S/c1-18-8-12-21(13-9-18)30(28,29)26-15-5-14-25(16-17-26)22(19-6-3-2-4-7-19)23(27)24-20-10-11-20/h2-4,6-9,12-13,20,22H,5,10-11,14-17H2,1H3,(H,24,27)/t22-/m0/s1. The van der Waals surface area contributed by atoms with Crippen molar-refractivity contribution < 1.29 is 13.2 Å². The van der Waals surface area contributed by atoms with E-state index in [1.54, 1.807) is 16.4 Å². The fourth-order valence-electron chi connectivity index (χ4n) is 3.94. The van der Waals surface area contributed by atoms with E-state index in [0.717, 1.165) is 24.0 Å². The number of benzene rings is 2. The first-order chi connectivity index (χ1) is 14.4. The summed E-state index contributed by atoms with van der Waals surface area (Å²) in [5.41, 5.74) is 1.98. The molecule has 0 unspecified atom stereocenters. The molecular weight excluding hydrogens is 398 g/mol. The zero-order valence-corrected chi connectivity index (χ0v) is 18.1.